The highest BCUT2D eigenvalue weighted by Crippen LogP contribution is 2.33. The number of benzene rings is 1. The molecule has 19 heavy (non-hydrogen) atoms. The van der Waals surface area contributed by atoms with Crippen LogP contribution in [0.2, 0.25) is 5.02 Å². The molecule has 2 rings (SSSR count). The van der Waals surface area contributed by atoms with Crippen LogP contribution in [-0.4, -0.2) is 12.6 Å². The summed E-state index contributed by atoms with van der Waals surface area (Å²) in [4.78, 5) is 0. The third-order valence-corrected chi connectivity index (χ3v) is 4.32. The standard InChI is InChI=1S/C16H23ClFN/c1-3-4-11(2)15(10-19-13-6-7-13)14-8-5-12(18)9-16(14)17/h5,8-9,11,13,15,19H,3-4,6-7,10H2,1-2H3. The summed E-state index contributed by atoms with van der Waals surface area (Å²) in [6.07, 6.45) is 4.91. The molecule has 1 aromatic rings. The van der Waals surface area contributed by atoms with Gasteiger partial charge in [-0.05, 0) is 36.5 Å². The monoisotopic (exact) mass is 283 g/mol. The van der Waals surface area contributed by atoms with Crippen LogP contribution in [-0.2, 0) is 0 Å². The first-order valence-electron chi connectivity index (χ1n) is 7.30. The Bertz CT molecular complexity index is 417. The zero-order valence-corrected chi connectivity index (χ0v) is 12.5. The van der Waals surface area contributed by atoms with Crippen molar-refractivity contribution < 1.29 is 4.39 Å². The van der Waals surface area contributed by atoms with E-state index in [2.05, 4.69) is 19.2 Å². The molecule has 0 aromatic heterocycles. The van der Waals surface area contributed by atoms with E-state index in [1.807, 2.05) is 6.07 Å². The van der Waals surface area contributed by atoms with Crippen molar-refractivity contribution in [2.24, 2.45) is 5.92 Å². The van der Waals surface area contributed by atoms with E-state index in [1.165, 1.54) is 37.8 Å². The summed E-state index contributed by atoms with van der Waals surface area (Å²) in [5.74, 6) is 0.665. The predicted octanol–water partition coefficient (Wildman–Crippen LogP) is 4.75. The van der Waals surface area contributed by atoms with E-state index < -0.39 is 0 Å². The predicted molar refractivity (Wildman–Crippen MR) is 79.2 cm³/mol. The van der Waals surface area contributed by atoms with Gasteiger partial charge in [-0.1, -0.05) is 44.4 Å². The van der Waals surface area contributed by atoms with Gasteiger partial charge in [0.25, 0.3) is 0 Å². The summed E-state index contributed by atoms with van der Waals surface area (Å²) in [6.45, 7) is 5.41. The van der Waals surface area contributed by atoms with Crippen LogP contribution in [0, 0.1) is 11.7 Å². The van der Waals surface area contributed by atoms with Crippen molar-refractivity contribution in [1.82, 2.24) is 5.32 Å². The van der Waals surface area contributed by atoms with E-state index in [4.69, 9.17) is 11.6 Å². The van der Waals surface area contributed by atoms with E-state index in [0.29, 0.717) is 22.9 Å². The van der Waals surface area contributed by atoms with Crippen LogP contribution in [0.15, 0.2) is 18.2 Å². The minimum absolute atomic E-state index is 0.259. The Morgan fingerprint density at radius 2 is 2.16 bits per heavy atom. The molecule has 2 atom stereocenters. The van der Waals surface area contributed by atoms with Crippen LogP contribution < -0.4 is 5.32 Å². The number of hydrogen-bond acceptors (Lipinski definition) is 1. The molecule has 0 aliphatic heterocycles. The summed E-state index contributed by atoms with van der Waals surface area (Å²) in [5.41, 5.74) is 1.08. The van der Waals surface area contributed by atoms with Crippen molar-refractivity contribution in [3.63, 3.8) is 0 Å². The summed E-state index contributed by atoms with van der Waals surface area (Å²) >= 11 is 6.23. The first-order chi connectivity index (χ1) is 9.11. The number of nitrogens with one attached hydrogen (secondary N) is 1. The Morgan fingerprint density at radius 3 is 2.74 bits per heavy atom. The highest BCUT2D eigenvalue weighted by atomic mass is 35.5. The molecule has 1 aliphatic rings. The molecule has 2 unspecified atom stereocenters. The van der Waals surface area contributed by atoms with E-state index in [-0.39, 0.29) is 5.82 Å². The molecule has 1 fully saturated rings. The van der Waals surface area contributed by atoms with Crippen LogP contribution in [0.1, 0.15) is 51.0 Å². The lowest BCUT2D eigenvalue weighted by Crippen LogP contribution is -2.27. The molecule has 0 amide bonds. The van der Waals surface area contributed by atoms with Gasteiger partial charge < -0.3 is 5.32 Å². The van der Waals surface area contributed by atoms with Gasteiger partial charge in [0.2, 0.25) is 0 Å². The van der Waals surface area contributed by atoms with E-state index >= 15 is 0 Å². The molecule has 1 aromatic carbocycles. The third kappa shape index (κ3) is 4.19. The average Bonchev–Trinajstić information content (AvgIpc) is 3.16. The zero-order valence-electron chi connectivity index (χ0n) is 11.8. The van der Waals surface area contributed by atoms with Gasteiger partial charge in [-0.25, -0.2) is 4.39 Å². The summed E-state index contributed by atoms with van der Waals surface area (Å²) in [7, 11) is 0. The van der Waals surface area contributed by atoms with Gasteiger partial charge in [-0.3, -0.25) is 0 Å². The molecular formula is C16H23ClFN. The Kier molecular flexibility index (Phi) is 5.23. The van der Waals surface area contributed by atoms with Crippen molar-refractivity contribution >= 4 is 11.6 Å². The second-order valence-electron chi connectivity index (χ2n) is 5.72. The summed E-state index contributed by atoms with van der Waals surface area (Å²) in [6, 6.07) is 5.49. The van der Waals surface area contributed by atoms with E-state index in [1.54, 1.807) is 0 Å². The number of halogens is 2. The fraction of sp³-hybridized carbons (Fsp3) is 0.625. The van der Waals surface area contributed by atoms with Gasteiger partial charge in [0.05, 0.1) is 0 Å². The van der Waals surface area contributed by atoms with Crippen molar-refractivity contribution in [2.45, 2.75) is 51.5 Å². The molecule has 106 valence electrons. The van der Waals surface area contributed by atoms with E-state index in [0.717, 1.165) is 12.1 Å². The maximum absolute atomic E-state index is 13.2. The van der Waals surface area contributed by atoms with Gasteiger partial charge in [0.15, 0.2) is 0 Å². The van der Waals surface area contributed by atoms with Crippen LogP contribution >= 0.6 is 11.6 Å². The highest BCUT2D eigenvalue weighted by Gasteiger charge is 2.26. The minimum atomic E-state index is -0.259. The van der Waals surface area contributed by atoms with Gasteiger partial charge in [-0.15, -0.1) is 0 Å². The Balaban J connectivity index is 2.13. The van der Waals surface area contributed by atoms with Crippen molar-refractivity contribution in [3.8, 4) is 0 Å². The zero-order chi connectivity index (χ0) is 13.8. The largest absolute Gasteiger partial charge is 0.313 e. The Labute approximate surface area is 120 Å². The lowest BCUT2D eigenvalue weighted by Gasteiger charge is -2.25. The molecule has 1 saturated carbocycles. The van der Waals surface area contributed by atoms with Crippen LogP contribution in [0.4, 0.5) is 4.39 Å². The fourth-order valence-electron chi connectivity index (χ4n) is 2.66. The Hall–Kier alpha value is -0.600. The molecule has 0 heterocycles. The second-order valence-corrected chi connectivity index (χ2v) is 6.13. The van der Waals surface area contributed by atoms with Crippen molar-refractivity contribution in [1.29, 1.82) is 0 Å². The van der Waals surface area contributed by atoms with Gasteiger partial charge in [0.1, 0.15) is 5.82 Å². The number of rotatable bonds is 7. The van der Waals surface area contributed by atoms with Gasteiger partial charge in [0, 0.05) is 23.5 Å². The average molecular weight is 284 g/mol. The first kappa shape index (κ1) is 14.8. The molecule has 0 spiro atoms. The third-order valence-electron chi connectivity index (χ3n) is 4.00. The minimum Gasteiger partial charge on any atom is -0.313 e. The lowest BCUT2D eigenvalue weighted by molar-refractivity contribution is 0.402. The molecule has 3 heteroatoms. The number of hydrogen-bond donors (Lipinski definition) is 1. The smallest absolute Gasteiger partial charge is 0.124 e. The van der Waals surface area contributed by atoms with E-state index in [9.17, 15) is 4.39 Å². The lowest BCUT2D eigenvalue weighted by atomic mass is 9.84. The maximum atomic E-state index is 13.2. The van der Waals surface area contributed by atoms with Crippen LogP contribution in [0.3, 0.4) is 0 Å². The van der Waals surface area contributed by atoms with Gasteiger partial charge in [-0.2, -0.15) is 0 Å². The maximum Gasteiger partial charge on any atom is 0.124 e. The molecular weight excluding hydrogens is 261 g/mol. The van der Waals surface area contributed by atoms with Crippen LogP contribution in [0.25, 0.3) is 0 Å². The summed E-state index contributed by atoms with van der Waals surface area (Å²) < 4.78 is 13.2. The fourth-order valence-corrected chi connectivity index (χ4v) is 2.96. The topological polar surface area (TPSA) is 12.0 Å². The molecule has 1 nitrogen and oxygen atoms in total. The molecule has 1 aliphatic carbocycles. The molecule has 0 saturated heterocycles. The van der Waals surface area contributed by atoms with Crippen molar-refractivity contribution in [3.05, 3.63) is 34.6 Å². The van der Waals surface area contributed by atoms with Gasteiger partial charge >= 0.3 is 0 Å². The van der Waals surface area contributed by atoms with Crippen molar-refractivity contribution in [2.75, 3.05) is 6.54 Å². The quantitative estimate of drug-likeness (QED) is 0.761. The Morgan fingerprint density at radius 1 is 1.42 bits per heavy atom. The highest BCUT2D eigenvalue weighted by molar-refractivity contribution is 6.31. The molecule has 0 radical (unpaired) electrons. The van der Waals surface area contributed by atoms with Crippen LogP contribution in [0.5, 0.6) is 0 Å². The molecule has 1 N–H and O–H groups in total. The summed E-state index contributed by atoms with van der Waals surface area (Å²) in [5, 5.41) is 4.14. The molecule has 0 bridgehead atoms. The normalized spacial score (nSPS) is 18.3. The second kappa shape index (κ2) is 6.71. The first-order valence-corrected chi connectivity index (χ1v) is 7.68. The SMILES string of the molecule is CCCC(C)C(CNC1CC1)c1ccc(F)cc1Cl.